The van der Waals surface area contributed by atoms with E-state index >= 15 is 0 Å². The van der Waals surface area contributed by atoms with Crippen LogP contribution in [0, 0.1) is 5.82 Å². The summed E-state index contributed by atoms with van der Waals surface area (Å²) in [4.78, 5) is 0. The topological polar surface area (TPSA) is 12.0 Å². The lowest BCUT2D eigenvalue weighted by Gasteiger charge is -2.18. The minimum atomic E-state index is -0.163. The molecule has 0 unspecified atom stereocenters. The average molecular weight is 230 g/mol. The van der Waals surface area contributed by atoms with Crippen LogP contribution < -0.4 is 5.32 Å². The van der Waals surface area contributed by atoms with E-state index in [0.717, 1.165) is 29.5 Å². The Hall–Kier alpha value is -0.410. The van der Waals surface area contributed by atoms with Gasteiger partial charge >= 0.3 is 0 Å². The lowest BCUT2D eigenvalue weighted by molar-refractivity contribution is 0.602. The third-order valence-corrected chi connectivity index (χ3v) is 2.83. The van der Waals surface area contributed by atoms with Gasteiger partial charge < -0.3 is 5.32 Å². The van der Waals surface area contributed by atoms with Gasteiger partial charge in [-0.3, -0.25) is 0 Å². The summed E-state index contributed by atoms with van der Waals surface area (Å²) in [7, 11) is 0. The Balaban J connectivity index is 2.53. The number of hydrogen-bond acceptors (Lipinski definition) is 1. The molecule has 0 spiro atoms. The summed E-state index contributed by atoms with van der Waals surface area (Å²) in [5, 5.41) is 3.21. The van der Waals surface area contributed by atoms with E-state index in [0.29, 0.717) is 0 Å². The highest BCUT2D eigenvalue weighted by atomic mass is 79.9. The van der Waals surface area contributed by atoms with Crippen molar-refractivity contribution in [2.24, 2.45) is 0 Å². The Morgan fingerprint density at radius 2 is 2.25 bits per heavy atom. The molecule has 1 aromatic rings. The van der Waals surface area contributed by atoms with E-state index in [1.807, 2.05) is 0 Å². The molecule has 0 saturated carbocycles. The molecule has 1 aliphatic heterocycles. The van der Waals surface area contributed by atoms with E-state index in [1.165, 1.54) is 11.6 Å². The van der Waals surface area contributed by atoms with Gasteiger partial charge in [-0.1, -0.05) is 15.9 Å². The maximum absolute atomic E-state index is 12.9. The molecule has 0 atom stereocenters. The lowest BCUT2D eigenvalue weighted by Crippen LogP contribution is -2.24. The molecular formula is C9H9BrFN. The molecule has 3 heteroatoms. The molecule has 0 bridgehead atoms. The highest BCUT2D eigenvalue weighted by Crippen LogP contribution is 2.24. The van der Waals surface area contributed by atoms with Crippen molar-refractivity contribution in [1.82, 2.24) is 5.32 Å². The molecule has 0 aromatic heterocycles. The summed E-state index contributed by atoms with van der Waals surface area (Å²) in [5.74, 6) is -0.163. The summed E-state index contributed by atoms with van der Waals surface area (Å²) in [5.41, 5.74) is 2.32. The van der Waals surface area contributed by atoms with Crippen LogP contribution in [0.2, 0.25) is 0 Å². The number of rotatable bonds is 0. The second kappa shape index (κ2) is 3.15. The molecule has 0 fully saturated rings. The van der Waals surface area contributed by atoms with Gasteiger partial charge in [-0.15, -0.1) is 0 Å². The Bertz CT molecular complexity index is 312. The van der Waals surface area contributed by atoms with E-state index in [9.17, 15) is 4.39 Å². The minimum absolute atomic E-state index is 0.163. The van der Waals surface area contributed by atoms with Crippen LogP contribution in [-0.4, -0.2) is 6.54 Å². The number of hydrogen-bond donors (Lipinski definition) is 1. The zero-order chi connectivity index (χ0) is 8.55. The third-order valence-electron chi connectivity index (χ3n) is 2.12. The molecule has 1 aromatic carbocycles. The fourth-order valence-corrected chi connectivity index (χ4v) is 2.20. The summed E-state index contributed by atoms with van der Waals surface area (Å²) >= 11 is 3.37. The molecule has 0 saturated heterocycles. The van der Waals surface area contributed by atoms with Crippen LogP contribution in [0.3, 0.4) is 0 Å². The van der Waals surface area contributed by atoms with E-state index in [-0.39, 0.29) is 5.82 Å². The van der Waals surface area contributed by atoms with Gasteiger partial charge in [-0.2, -0.15) is 0 Å². The standard InChI is InChI=1S/C9H9BrFN/c10-9-4-7(11)3-6-5-12-2-1-8(6)9/h3-4,12H,1-2,5H2. The molecule has 1 N–H and O–H groups in total. The van der Waals surface area contributed by atoms with Gasteiger partial charge in [0.1, 0.15) is 5.82 Å². The fraction of sp³-hybridized carbons (Fsp3) is 0.333. The number of benzene rings is 1. The highest BCUT2D eigenvalue weighted by Gasteiger charge is 2.12. The largest absolute Gasteiger partial charge is 0.312 e. The first-order chi connectivity index (χ1) is 5.77. The van der Waals surface area contributed by atoms with Crippen molar-refractivity contribution >= 4 is 15.9 Å². The first-order valence-corrected chi connectivity index (χ1v) is 4.74. The number of nitrogens with one attached hydrogen (secondary N) is 1. The average Bonchev–Trinajstić information content (AvgIpc) is 2.04. The molecule has 0 amide bonds. The maximum Gasteiger partial charge on any atom is 0.124 e. The molecule has 0 radical (unpaired) electrons. The molecule has 2 rings (SSSR count). The molecule has 1 heterocycles. The Morgan fingerprint density at radius 1 is 1.42 bits per heavy atom. The van der Waals surface area contributed by atoms with E-state index in [4.69, 9.17) is 0 Å². The number of halogens is 2. The molecule has 1 nitrogen and oxygen atoms in total. The van der Waals surface area contributed by atoms with Crippen LogP contribution in [0.25, 0.3) is 0 Å². The summed E-state index contributed by atoms with van der Waals surface area (Å²) in [6.45, 7) is 1.77. The van der Waals surface area contributed by atoms with Crippen LogP contribution in [0.1, 0.15) is 11.1 Å². The quantitative estimate of drug-likeness (QED) is 0.720. The van der Waals surface area contributed by atoms with Gasteiger partial charge in [0, 0.05) is 11.0 Å². The lowest BCUT2D eigenvalue weighted by atomic mass is 10.0. The van der Waals surface area contributed by atoms with Crippen molar-refractivity contribution in [3.05, 3.63) is 33.5 Å². The SMILES string of the molecule is Fc1cc(Br)c2c(c1)CNCC2. The first kappa shape index (κ1) is 8.20. The predicted octanol–water partition coefficient (Wildman–Crippen LogP) is 2.23. The predicted molar refractivity (Wildman–Crippen MR) is 49.5 cm³/mol. The van der Waals surface area contributed by atoms with Gasteiger partial charge in [-0.05, 0) is 36.2 Å². The van der Waals surface area contributed by atoms with Crippen molar-refractivity contribution < 1.29 is 4.39 Å². The zero-order valence-electron chi connectivity index (χ0n) is 6.53. The zero-order valence-corrected chi connectivity index (χ0v) is 8.12. The van der Waals surface area contributed by atoms with E-state index in [1.54, 1.807) is 6.07 Å². The van der Waals surface area contributed by atoms with Crippen molar-refractivity contribution in [3.63, 3.8) is 0 Å². The molecular weight excluding hydrogens is 221 g/mol. The molecule has 1 aliphatic rings. The van der Waals surface area contributed by atoms with E-state index < -0.39 is 0 Å². The van der Waals surface area contributed by atoms with E-state index in [2.05, 4.69) is 21.2 Å². The van der Waals surface area contributed by atoms with Crippen molar-refractivity contribution in [2.75, 3.05) is 6.54 Å². The van der Waals surface area contributed by atoms with Gasteiger partial charge in [0.2, 0.25) is 0 Å². The first-order valence-electron chi connectivity index (χ1n) is 3.95. The van der Waals surface area contributed by atoms with Gasteiger partial charge in [0.15, 0.2) is 0 Å². The maximum atomic E-state index is 12.9. The van der Waals surface area contributed by atoms with Crippen molar-refractivity contribution in [2.45, 2.75) is 13.0 Å². The molecule has 64 valence electrons. The Morgan fingerprint density at radius 3 is 3.08 bits per heavy atom. The van der Waals surface area contributed by atoms with Crippen LogP contribution >= 0.6 is 15.9 Å². The van der Waals surface area contributed by atoms with Crippen LogP contribution in [0.4, 0.5) is 4.39 Å². The van der Waals surface area contributed by atoms with Crippen LogP contribution in [0.15, 0.2) is 16.6 Å². The summed E-state index contributed by atoms with van der Waals surface area (Å²) < 4.78 is 13.8. The normalized spacial score (nSPS) is 15.8. The van der Waals surface area contributed by atoms with Gasteiger partial charge in [0.25, 0.3) is 0 Å². The minimum Gasteiger partial charge on any atom is -0.312 e. The summed E-state index contributed by atoms with van der Waals surface area (Å²) in [6.07, 6.45) is 0.982. The monoisotopic (exact) mass is 229 g/mol. The second-order valence-corrected chi connectivity index (χ2v) is 3.81. The van der Waals surface area contributed by atoms with Crippen molar-refractivity contribution in [1.29, 1.82) is 0 Å². The van der Waals surface area contributed by atoms with Gasteiger partial charge in [0.05, 0.1) is 0 Å². The molecule has 12 heavy (non-hydrogen) atoms. The third kappa shape index (κ3) is 1.39. The fourth-order valence-electron chi connectivity index (χ4n) is 1.53. The van der Waals surface area contributed by atoms with Crippen LogP contribution in [0.5, 0.6) is 0 Å². The highest BCUT2D eigenvalue weighted by molar-refractivity contribution is 9.10. The smallest absolute Gasteiger partial charge is 0.124 e. The molecule has 0 aliphatic carbocycles. The van der Waals surface area contributed by atoms with Crippen LogP contribution in [-0.2, 0) is 13.0 Å². The van der Waals surface area contributed by atoms with Crippen molar-refractivity contribution in [3.8, 4) is 0 Å². The summed E-state index contributed by atoms with van der Waals surface area (Å²) in [6, 6.07) is 3.14. The van der Waals surface area contributed by atoms with Gasteiger partial charge in [-0.25, -0.2) is 4.39 Å². The second-order valence-electron chi connectivity index (χ2n) is 2.95. The number of fused-ring (bicyclic) bond motifs is 1. The Labute approximate surface area is 79.1 Å². The Kier molecular flexibility index (Phi) is 2.15.